The van der Waals surface area contributed by atoms with Gasteiger partial charge in [-0.15, -0.1) is 0 Å². The van der Waals surface area contributed by atoms with Gasteiger partial charge in [-0.1, -0.05) is 19.3 Å². The minimum Gasteiger partial charge on any atom is -0.477 e. The highest BCUT2D eigenvalue weighted by Crippen LogP contribution is 2.25. The van der Waals surface area contributed by atoms with Crippen LogP contribution in [0.2, 0.25) is 0 Å². The van der Waals surface area contributed by atoms with Crippen LogP contribution < -0.4 is 10.1 Å². The van der Waals surface area contributed by atoms with Gasteiger partial charge < -0.3 is 10.1 Å². The highest BCUT2D eigenvalue weighted by atomic mass is 19.1. The van der Waals surface area contributed by atoms with Gasteiger partial charge in [0.1, 0.15) is 5.82 Å². The summed E-state index contributed by atoms with van der Waals surface area (Å²) >= 11 is 0. The maximum atomic E-state index is 13.1. The number of hydrogen-bond acceptors (Lipinski definition) is 3. The Labute approximate surface area is 108 Å². The summed E-state index contributed by atoms with van der Waals surface area (Å²) in [5.74, 6) is 0.884. The predicted octanol–water partition coefficient (Wildman–Crippen LogP) is 2.90. The summed E-state index contributed by atoms with van der Waals surface area (Å²) in [6, 6.07) is 1.49. The van der Waals surface area contributed by atoms with Gasteiger partial charge in [0.25, 0.3) is 0 Å². The molecule has 0 aliphatic heterocycles. The molecule has 1 aliphatic rings. The number of aromatic nitrogens is 1. The summed E-state index contributed by atoms with van der Waals surface area (Å²) < 4.78 is 18.9. The molecule has 2 rings (SSSR count). The molecule has 0 spiro atoms. The quantitative estimate of drug-likeness (QED) is 0.875. The molecule has 0 unspecified atom stereocenters. The summed E-state index contributed by atoms with van der Waals surface area (Å²) in [5, 5.41) is 3.00. The fraction of sp³-hybridized carbons (Fsp3) is 0.643. The first kappa shape index (κ1) is 13.3. The second kappa shape index (κ2) is 6.69. The molecule has 0 bridgehead atoms. The van der Waals surface area contributed by atoms with E-state index in [4.69, 9.17) is 4.74 Å². The Morgan fingerprint density at radius 3 is 2.89 bits per heavy atom. The zero-order chi connectivity index (χ0) is 12.8. The maximum absolute atomic E-state index is 13.1. The number of rotatable bonds is 5. The zero-order valence-corrected chi connectivity index (χ0v) is 10.9. The monoisotopic (exact) mass is 252 g/mol. The largest absolute Gasteiger partial charge is 0.477 e. The fourth-order valence-electron chi connectivity index (χ4n) is 2.47. The molecule has 1 N–H and O–H groups in total. The first-order valence-corrected chi connectivity index (χ1v) is 6.71. The van der Waals surface area contributed by atoms with Crippen LogP contribution in [0.15, 0.2) is 12.3 Å². The van der Waals surface area contributed by atoms with E-state index in [0.29, 0.717) is 24.9 Å². The van der Waals surface area contributed by atoms with Gasteiger partial charge in [-0.05, 0) is 31.9 Å². The molecule has 1 aromatic rings. The number of nitrogens with one attached hydrogen (secondary N) is 1. The van der Waals surface area contributed by atoms with Gasteiger partial charge in [0.05, 0.1) is 12.8 Å². The SMILES string of the molecule is CNCc1cc(F)cnc1OCC1CCCCC1. The first-order chi connectivity index (χ1) is 8.79. The van der Waals surface area contributed by atoms with E-state index < -0.39 is 0 Å². The van der Waals surface area contributed by atoms with Gasteiger partial charge in [0, 0.05) is 12.1 Å². The Balaban J connectivity index is 1.94. The van der Waals surface area contributed by atoms with Gasteiger partial charge in [0.15, 0.2) is 0 Å². The number of hydrogen-bond donors (Lipinski definition) is 1. The molecule has 1 aromatic heterocycles. The third kappa shape index (κ3) is 3.67. The Bertz CT molecular complexity index is 378. The van der Waals surface area contributed by atoms with E-state index in [1.807, 2.05) is 7.05 Å². The summed E-state index contributed by atoms with van der Waals surface area (Å²) in [5.41, 5.74) is 0.785. The van der Waals surface area contributed by atoms with Crippen molar-refractivity contribution in [3.8, 4) is 5.88 Å². The van der Waals surface area contributed by atoms with Crippen LogP contribution in [0.25, 0.3) is 0 Å². The van der Waals surface area contributed by atoms with Crippen molar-refractivity contribution >= 4 is 0 Å². The molecule has 1 fully saturated rings. The summed E-state index contributed by atoms with van der Waals surface area (Å²) in [6.07, 6.45) is 7.64. The number of pyridine rings is 1. The van der Waals surface area contributed by atoms with E-state index in [-0.39, 0.29) is 5.82 Å². The van der Waals surface area contributed by atoms with Crippen LogP contribution in [-0.2, 0) is 6.54 Å². The molecule has 1 aliphatic carbocycles. The highest BCUT2D eigenvalue weighted by Gasteiger charge is 2.15. The molecule has 1 saturated carbocycles. The molecule has 3 nitrogen and oxygen atoms in total. The average Bonchev–Trinajstić information content (AvgIpc) is 2.39. The molecule has 0 amide bonds. The van der Waals surface area contributed by atoms with Gasteiger partial charge in [-0.3, -0.25) is 0 Å². The molecule has 1 heterocycles. The summed E-state index contributed by atoms with van der Waals surface area (Å²) in [6.45, 7) is 1.28. The normalized spacial score (nSPS) is 16.8. The predicted molar refractivity (Wildman–Crippen MR) is 69.0 cm³/mol. The van der Waals surface area contributed by atoms with Crippen LogP contribution in [0.3, 0.4) is 0 Å². The van der Waals surface area contributed by atoms with Crippen molar-refractivity contribution in [3.63, 3.8) is 0 Å². The zero-order valence-electron chi connectivity index (χ0n) is 10.9. The smallest absolute Gasteiger partial charge is 0.218 e. The summed E-state index contributed by atoms with van der Waals surface area (Å²) in [7, 11) is 1.83. The highest BCUT2D eigenvalue weighted by molar-refractivity contribution is 5.26. The van der Waals surface area contributed by atoms with E-state index in [9.17, 15) is 4.39 Å². The second-order valence-corrected chi connectivity index (χ2v) is 4.96. The third-order valence-corrected chi connectivity index (χ3v) is 3.44. The lowest BCUT2D eigenvalue weighted by Crippen LogP contribution is -2.17. The Morgan fingerprint density at radius 1 is 1.39 bits per heavy atom. The molecular weight excluding hydrogens is 231 g/mol. The van der Waals surface area contributed by atoms with Crippen molar-refractivity contribution < 1.29 is 9.13 Å². The van der Waals surface area contributed by atoms with Crippen LogP contribution in [0.1, 0.15) is 37.7 Å². The van der Waals surface area contributed by atoms with Crippen molar-refractivity contribution in [1.82, 2.24) is 10.3 Å². The molecule has 18 heavy (non-hydrogen) atoms. The molecule has 100 valence electrons. The molecule has 0 radical (unpaired) electrons. The number of ether oxygens (including phenoxy) is 1. The standard InChI is InChI=1S/C14H21FN2O/c1-16-8-12-7-13(15)9-17-14(12)18-10-11-5-3-2-4-6-11/h7,9,11,16H,2-6,8,10H2,1H3. The van der Waals surface area contributed by atoms with Crippen molar-refractivity contribution in [3.05, 3.63) is 23.6 Å². The minimum atomic E-state index is -0.315. The van der Waals surface area contributed by atoms with Gasteiger partial charge in [-0.2, -0.15) is 0 Å². The van der Waals surface area contributed by atoms with E-state index in [1.54, 1.807) is 0 Å². The van der Waals surface area contributed by atoms with Crippen molar-refractivity contribution in [2.75, 3.05) is 13.7 Å². The van der Waals surface area contributed by atoms with Gasteiger partial charge in [-0.25, -0.2) is 9.37 Å². The van der Waals surface area contributed by atoms with E-state index >= 15 is 0 Å². The Morgan fingerprint density at radius 2 is 2.17 bits per heavy atom. The molecular formula is C14H21FN2O. The third-order valence-electron chi connectivity index (χ3n) is 3.44. The lowest BCUT2D eigenvalue weighted by atomic mass is 9.90. The molecule has 0 aromatic carbocycles. The maximum Gasteiger partial charge on any atom is 0.218 e. The summed E-state index contributed by atoms with van der Waals surface area (Å²) in [4.78, 5) is 4.04. The first-order valence-electron chi connectivity index (χ1n) is 6.71. The van der Waals surface area contributed by atoms with E-state index in [1.165, 1.54) is 44.4 Å². The number of nitrogens with zero attached hydrogens (tertiary/aromatic N) is 1. The van der Waals surface area contributed by atoms with Crippen LogP contribution >= 0.6 is 0 Å². The molecule has 4 heteroatoms. The van der Waals surface area contributed by atoms with E-state index in [2.05, 4.69) is 10.3 Å². The average molecular weight is 252 g/mol. The van der Waals surface area contributed by atoms with Crippen LogP contribution in [0.5, 0.6) is 5.88 Å². The van der Waals surface area contributed by atoms with Crippen molar-refractivity contribution in [2.24, 2.45) is 5.92 Å². The Hall–Kier alpha value is -1.16. The van der Waals surface area contributed by atoms with Crippen molar-refractivity contribution in [2.45, 2.75) is 38.6 Å². The number of halogens is 1. The van der Waals surface area contributed by atoms with Crippen molar-refractivity contribution in [1.29, 1.82) is 0 Å². The second-order valence-electron chi connectivity index (χ2n) is 4.96. The lowest BCUT2D eigenvalue weighted by molar-refractivity contribution is 0.201. The van der Waals surface area contributed by atoms with Crippen LogP contribution in [-0.4, -0.2) is 18.6 Å². The minimum absolute atomic E-state index is 0.315. The van der Waals surface area contributed by atoms with Crippen LogP contribution in [0, 0.1) is 11.7 Å². The topological polar surface area (TPSA) is 34.2 Å². The fourth-order valence-corrected chi connectivity index (χ4v) is 2.47. The van der Waals surface area contributed by atoms with Gasteiger partial charge >= 0.3 is 0 Å². The Kier molecular flexibility index (Phi) is 4.93. The molecule has 0 atom stereocenters. The van der Waals surface area contributed by atoms with Crippen LogP contribution in [0.4, 0.5) is 4.39 Å². The molecule has 0 saturated heterocycles. The van der Waals surface area contributed by atoms with E-state index in [0.717, 1.165) is 5.56 Å². The lowest BCUT2D eigenvalue weighted by Gasteiger charge is -2.22. The van der Waals surface area contributed by atoms with Gasteiger partial charge in [0.2, 0.25) is 5.88 Å².